The Hall–Kier alpha value is -3.40. The molecule has 2 aromatic rings. The van der Waals surface area contributed by atoms with Gasteiger partial charge in [-0.15, -0.1) is 0 Å². The Balaban J connectivity index is 2.02. The van der Waals surface area contributed by atoms with Gasteiger partial charge in [0.1, 0.15) is 11.9 Å². The van der Waals surface area contributed by atoms with E-state index in [1.54, 1.807) is 18.2 Å². The van der Waals surface area contributed by atoms with E-state index >= 15 is 0 Å². The summed E-state index contributed by atoms with van der Waals surface area (Å²) in [6, 6.07) is 12.0. The molecule has 122 valence electrons. The largest absolute Gasteiger partial charge is 0.493 e. The van der Waals surface area contributed by atoms with Crippen LogP contribution >= 0.6 is 0 Å². The normalized spacial score (nSPS) is 10.2. The predicted octanol–water partition coefficient (Wildman–Crippen LogP) is 2.50. The number of amides is 1. The van der Waals surface area contributed by atoms with E-state index in [2.05, 4.69) is 10.5 Å². The summed E-state index contributed by atoms with van der Waals surface area (Å²) in [5.41, 5.74) is 3.31. The molecular weight excluding hydrogens is 313 g/mol. The molecule has 2 aromatic carbocycles. The molecule has 0 heterocycles. The number of rotatable bonds is 6. The third-order valence-electron chi connectivity index (χ3n) is 2.97. The molecule has 0 bridgehead atoms. The van der Waals surface area contributed by atoms with Crippen molar-refractivity contribution < 1.29 is 18.7 Å². The highest BCUT2D eigenvalue weighted by molar-refractivity contribution is 5.94. The lowest BCUT2D eigenvalue weighted by Crippen LogP contribution is -2.17. The number of hydrogen-bond acceptors (Lipinski definition) is 5. The molecule has 0 aliphatic rings. The number of benzene rings is 2. The fraction of sp³-hybridized carbons (Fsp3) is 0.118. The predicted molar refractivity (Wildman–Crippen MR) is 85.6 cm³/mol. The number of nitrogens with zero attached hydrogens (tertiary/aromatic N) is 2. The topological polar surface area (TPSA) is 83.7 Å². The van der Waals surface area contributed by atoms with Crippen molar-refractivity contribution in [2.75, 3.05) is 13.7 Å². The molecule has 0 saturated carbocycles. The highest BCUT2D eigenvalue weighted by Gasteiger charge is 2.06. The van der Waals surface area contributed by atoms with Gasteiger partial charge >= 0.3 is 0 Å². The number of methoxy groups -OCH3 is 1. The summed E-state index contributed by atoms with van der Waals surface area (Å²) in [5.74, 6) is 0.0126. The molecule has 7 heteroatoms. The first-order chi connectivity index (χ1) is 11.6. The number of ether oxygens (including phenoxy) is 2. The Morgan fingerprint density at radius 1 is 1.29 bits per heavy atom. The average Bonchev–Trinajstić information content (AvgIpc) is 2.60. The summed E-state index contributed by atoms with van der Waals surface area (Å²) < 4.78 is 23.2. The van der Waals surface area contributed by atoms with Crippen molar-refractivity contribution in [3.05, 3.63) is 59.4 Å². The van der Waals surface area contributed by atoms with Gasteiger partial charge in [-0.3, -0.25) is 4.79 Å². The Labute approximate surface area is 138 Å². The molecule has 0 fully saturated rings. The van der Waals surface area contributed by atoms with Crippen LogP contribution in [0.15, 0.2) is 47.6 Å². The summed E-state index contributed by atoms with van der Waals surface area (Å²) >= 11 is 0. The fourth-order valence-electron chi connectivity index (χ4n) is 1.82. The van der Waals surface area contributed by atoms with Gasteiger partial charge in [-0.2, -0.15) is 10.4 Å². The second kappa shape index (κ2) is 8.29. The first-order valence-electron chi connectivity index (χ1n) is 6.91. The summed E-state index contributed by atoms with van der Waals surface area (Å²) in [7, 11) is 1.48. The maximum Gasteiger partial charge on any atom is 0.271 e. The van der Waals surface area contributed by atoms with Gasteiger partial charge in [0.2, 0.25) is 0 Å². The molecular formula is C17H14FN3O3. The van der Waals surface area contributed by atoms with Crippen molar-refractivity contribution in [2.24, 2.45) is 5.10 Å². The van der Waals surface area contributed by atoms with Crippen molar-refractivity contribution in [1.29, 1.82) is 5.26 Å². The van der Waals surface area contributed by atoms with Gasteiger partial charge < -0.3 is 9.47 Å². The van der Waals surface area contributed by atoms with Crippen LogP contribution in [0.4, 0.5) is 4.39 Å². The van der Waals surface area contributed by atoms with Crippen molar-refractivity contribution in [1.82, 2.24) is 5.43 Å². The Morgan fingerprint density at radius 2 is 2.04 bits per heavy atom. The Morgan fingerprint density at radius 3 is 2.71 bits per heavy atom. The second-order valence-corrected chi connectivity index (χ2v) is 4.56. The molecule has 24 heavy (non-hydrogen) atoms. The lowest BCUT2D eigenvalue weighted by atomic mass is 10.2. The first-order valence-corrected chi connectivity index (χ1v) is 6.91. The van der Waals surface area contributed by atoms with E-state index in [0.29, 0.717) is 22.6 Å². The van der Waals surface area contributed by atoms with E-state index < -0.39 is 11.7 Å². The molecule has 1 amide bonds. The zero-order chi connectivity index (χ0) is 17.4. The number of nitrogens with one attached hydrogen (secondary N) is 1. The van der Waals surface area contributed by atoms with E-state index in [1.165, 1.54) is 37.6 Å². The molecule has 0 radical (unpaired) electrons. The van der Waals surface area contributed by atoms with Crippen LogP contribution < -0.4 is 14.9 Å². The SMILES string of the molecule is COc1cc(/C=N\NC(=O)c2ccc(F)cc2)ccc1OCC#N. The molecule has 0 aliphatic carbocycles. The van der Waals surface area contributed by atoms with Gasteiger partial charge in [0.15, 0.2) is 18.1 Å². The average molecular weight is 327 g/mol. The van der Waals surface area contributed by atoms with Crippen LogP contribution in [0.1, 0.15) is 15.9 Å². The molecule has 0 spiro atoms. The maximum absolute atomic E-state index is 12.8. The Kier molecular flexibility index (Phi) is 5.86. The van der Waals surface area contributed by atoms with E-state index in [-0.39, 0.29) is 6.61 Å². The molecule has 0 aromatic heterocycles. The van der Waals surface area contributed by atoms with E-state index in [0.717, 1.165) is 0 Å². The lowest BCUT2D eigenvalue weighted by Gasteiger charge is -2.08. The van der Waals surface area contributed by atoms with Gasteiger partial charge in [-0.25, -0.2) is 9.82 Å². The third-order valence-corrected chi connectivity index (χ3v) is 2.97. The summed E-state index contributed by atoms with van der Waals surface area (Å²) in [6.07, 6.45) is 1.43. The van der Waals surface area contributed by atoms with E-state index in [4.69, 9.17) is 14.7 Å². The molecule has 0 unspecified atom stereocenters. The summed E-state index contributed by atoms with van der Waals surface area (Å²) in [6.45, 7) is -0.0858. The van der Waals surface area contributed by atoms with Crippen molar-refractivity contribution in [2.45, 2.75) is 0 Å². The minimum atomic E-state index is -0.452. The van der Waals surface area contributed by atoms with Crippen molar-refractivity contribution >= 4 is 12.1 Å². The lowest BCUT2D eigenvalue weighted by molar-refractivity contribution is 0.0955. The zero-order valence-corrected chi connectivity index (χ0v) is 12.8. The highest BCUT2D eigenvalue weighted by atomic mass is 19.1. The minimum absolute atomic E-state index is 0.0858. The van der Waals surface area contributed by atoms with E-state index in [1.807, 2.05) is 6.07 Å². The fourth-order valence-corrected chi connectivity index (χ4v) is 1.82. The standard InChI is InChI=1S/C17H14FN3O3/c1-23-16-10-12(2-7-15(16)24-9-8-19)11-20-21-17(22)13-3-5-14(18)6-4-13/h2-7,10-11H,9H2,1H3,(H,21,22)/b20-11-. The van der Waals surface area contributed by atoms with Crippen LogP contribution in [0.3, 0.4) is 0 Å². The van der Waals surface area contributed by atoms with Crippen molar-refractivity contribution in [3.8, 4) is 17.6 Å². The highest BCUT2D eigenvalue weighted by Crippen LogP contribution is 2.27. The molecule has 6 nitrogen and oxygen atoms in total. The quantitative estimate of drug-likeness (QED) is 0.652. The summed E-state index contributed by atoms with van der Waals surface area (Å²) in [4.78, 5) is 11.8. The number of nitriles is 1. The molecule has 0 atom stereocenters. The maximum atomic E-state index is 12.8. The van der Waals surface area contributed by atoms with Gasteiger partial charge in [-0.1, -0.05) is 0 Å². The van der Waals surface area contributed by atoms with Crippen LogP contribution in [0.5, 0.6) is 11.5 Å². The number of hydrogen-bond donors (Lipinski definition) is 1. The van der Waals surface area contributed by atoms with Crippen LogP contribution in [0.25, 0.3) is 0 Å². The monoisotopic (exact) mass is 327 g/mol. The minimum Gasteiger partial charge on any atom is -0.493 e. The first kappa shape index (κ1) is 17.0. The Bertz CT molecular complexity index is 783. The number of carbonyl (C=O) groups is 1. The van der Waals surface area contributed by atoms with Crippen LogP contribution in [-0.4, -0.2) is 25.8 Å². The molecule has 2 rings (SSSR count). The van der Waals surface area contributed by atoms with Crippen LogP contribution in [0, 0.1) is 17.1 Å². The second-order valence-electron chi connectivity index (χ2n) is 4.56. The molecule has 0 aliphatic heterocycles. The number of carbonyl (C=O) groups excluding carboxylic acids is 1. The number of hydrazone groups is 1. The smallest absolute Gasteiger partial charge is 0.271 e. The summed E-state index contributed by atoms with van der Waals surface area (Å²) in [5, 5.41) is 12.4. The van der Waals surface area contributed by atoms with Gasteiger partial charge in [-0.05, 0) is 48.0 Å². The van der Waals surface area contributed by atoms with E-state index in [9.17, 15) is 9.18 Å². The van der Waals surface area contributed by atoms with Gasteiger partial charge in [0, 0.05) is 5.56 Å². The third kappa shape index (κ3) is 4.55. The van der Waals surface area contributed by atoms with Crippen molar-refractivity contribution in [3.63, 3.8) is 0 Å². The van der Waals surface area contributed by atoms with Crippen LogP contribution in [-0.2, 0) is 0 Å². The van der Waals surface area contributed by atoms with Gasteiger partial charge in [0.25, 0.3) is 5.91 Å². The zero-order valence-electron chi connectivity index (χ0n) is 12.8. The van der Waals surface area contributed by atoms with Gasteiger partial charge in [0.05, 0.1) is 13.3 Å². The number of halogens is 1. The molecule has 1 N–H and O–H groups in total. The van der Waals surface area contributed by atoms with Crippen LogP contribution in [0.2, 0.25) is 0 Å². The molecule has 0 saturated heterocycles.